The number of carbonyl (C=O) groups is 3. The highest BCUT2D eigenvalue weighted by molar-refractivity contribution is 7.13. The van der Waals surface area contributed by atoms with E-state index in [-0.39, 0.29) is 55.7 Å². The molecule has 3 heterocycles. The third kappa shape index (κ3) is 12.0. The Bertz CT molecular complexity index is 2740. The first-order valence-electron chi connectivity index (χ1n) is 25.0. The molecule has 0 radical (unpaired) electrons. The number of aryl methyl sites for hydroxylation is 3. The molecule has 1 saturated heterocycles. The predicted octanol–water partition coefficient (Wildman–Crippen LogP) is 11.4. The number of likely N-dealkylation sites (tertiary alicyclic amines) is 1. The van der Waals surface area contributed by atoms with Gasteiger partial charge in [-0.15, -0.1) is 11.3 Å². The highest BCUT2D eigenvalue weighted by Gasteiger charge is 2.45. The minimum Gasteiger partial charge on any atom is -0.493 e. The summed E-state index contributed by atoms with van der Waals surface area (Å²) in [5.41, 5.74) is 8.20. The normalized spacial score (nSPS) is 19.7. The molecule has 2 amide bonds. The Morgan fingerprint density at radius 1 is 0.915 bits per heavy atom. The van der Waals surface area contributed by atoms with Crippen LogP contribution in [0.1, 0.15) is 130 Å². The van der Waals surface area contributed by atoms with Crippen molar-refractivity contribution in [1.82, 2.24) is 20.1 Å². The van der Waals surface area contributed by atoms with Crippen molar-refractivity contribution in [3.63, 3.8) is 0 Å². The van der Waals surface area contributed by atoms with E-state index in [1.165, 1.54) is 30.9 Å². The van der Waals surface area contributed by atoms with Crippen molar-refractivity contribution in [2.24, 2.45) is 5.41 Å². The van der Waals surface area contributed by atoms with E-state index in [2.05, 4.69) is 16.4 Å². The Kier molecular flexibility index (Phi) is 15.7. The number of rotatable bonds is 18. The number of benzene rings is 4. The fourth-order valence-electron chi connectivity index (χ4n) is 10.6. The maximum Gasteiger partial charge on any atom is 0.251 e. The number of nitrogens with zero attached hydrogens (tertiary/aromatic N) is 3. The lowest BCUT2D eigenvalue weighted by molar-refractivity contribution is -0.141. The molecule has 3 aliphatic rings. The number of hydrogen-bond acceptors (Lipinski definition) is 8. The minimum absolute atomic E-state index is 0.0162. The average Bonchev–Trinajstić information content (AvgIpc) is 4.04. The van der Waals surface area contributed by atoms with Gasteiger partial charge in [-0.3, -0.25) is 19.3 Å². The van der Waals surface area contributed by atoms with Gasteiger partial charge in [-0.1, -0.05) is 81.4 Å². The summed E-state index contributed by atoms with van der Waals surface area (Å²) < 4.78 is 53.4. The van der Waals surface area contributed by atoms with Crippen LogP contribution < -0.4 is 10.1 Å². The van der Waals surface area contributed by atoms with Gasteiger partial charge in [0.1, 0.15) is 29.1 Å². The molecule has 8 rings (SSSR count). The van der Waals surface area contributed by atoms with Crippen LogP contribution in [0.25, 0.3) is 16.0 Å². The summed E-state index contributed by atoms with van der Waals surface area (Å²) in [5, 5.41) is 13.6. The number of alkyl halides is 1. The van der Waals surface area contributed by atoms with Gasteiger partial charge < -0.3 is 20.1 Å². The SMILES string of the molecule is Cc1ncsc1-c1ccc(CCC(=O)[C@@H]2C[C@@H](O)CN2C(=O)[C@@H](NC(=O)c2ccc(CCCCCOc3cc(F)c([C@@H]4C5=C(C[C@@H](C)N4CC(C)(C)F)c4ccccc4C5)c(F)c3)cc2)C(C)(C)C)cc1. The topological polar surface area (TPSA) is 112 Å². The van der Waals surface area contributed by atoms with E-state index in [1.54, 1.807) is 23.5 Å². The van der Waals surface area contributed by atoms with Crippen molar-refractivity contribution in [2.75, 3.05) is 19.7 Å². The van der Waals surface area contributed by atoms with Gasteiger partial charge in [-0.05, 0) is 129 Å². The third-order valence-electron chi connectivity index (χ3n) is 14.3. The van der Waals surface area contributed by atoms with Gasteiger partial charge in [0, 0.05) is 55.2 Å². The fourth-order valence-corrected chi connectivity index (χ4v) is 11.4. The number of β-amino-alcohol motifs (C(OH)–C–C–N with tert-alkyl or cyclic N) is 1. The number of aromatic nitrogens is 1. The Morgan fingerprint density at radius 3 is 2.25 bits per heavy atom. The van der Waals surface area contributed by atoms with Crippen molar-refractivity contribution in [2.45, 2.75) is 142 Å². The zero-order chi connectivity index (χ0) is 50.8. The number of nitrogens with one attached hydrogen (secondary N) is 1. The van der Waals surface area contributed by atoms with Gasteiger partial charge in [-0.25, -0.2) is 18.2 Å². The van der Waals surface area contributed by atoms with Gasteiger partial charge >= 0.3 is 0 Å². The summed E-state index contributed by atoms with van der Waals surface area (Å²) >= 11 is 1.58. The molecule has 5 aromatic rings. The van der Waals surface area contributed by atoms with Gasteiger partial charge in [0.2, 0.25) is 5.91 Å². The number of thiazole rings is 1. The maximum absolute atomic E-state index is 16.2. The maximum atomic E-state index is 16.2. The molecule has 9 nitrogen and oxygen atoms in total. The number of unbranched alkanes of at least 4 members (excludes halogenated alkanes) is 2. The summed E-state index contributed by atoms with van der Waals surface area (Å²) in [7, 11) is 0. The standard InChI is InChI=1S/C58H67F3N4O5S/c1-35-27-45-44-15-11-10-14-41(44)28-46(45)52(65(35)33-58(6,7)61)51-47(59)30-43(31-48(51)60)70-26-12-8-9-13-37-18-23-40(24-19-37)55(68)63-54(57(3,4)5)56(69)64-32-42(66)29-49(64)50(67)25-20-38-16-21-39(22-17-38)53-36(2)62-34-71-53/h10-11,14-19,21-24,30-31,34-35,42,49,52,54,66H,8-9,12-13,20,25-29,32-33H2,1-7H3,(H,63,68)/t35-,42-,49+,52+,54-/m1/s1. The molecule has 376 valence electrons. The minimum atomic E-state index is -1.57. The zero-order valence-corrected chi connectivity index (χ0v) is 42.8. The van der Waals surface area contributed by atoms with E-state index in [1.807, 2.05) is 99.6 Å². The van der Waals surface area contributed by atoms with Gasteiger partial charge in [-0.2, -0.15) is 0 Å². The van der Waals surface area contributed by atoms with Crippen LogP contribution in [-0.4, -0.2) is 87.1 Å². The highest BCUT2D eigenvalue weighted by atomic mass is 32.1. The number of carbonyl (C=O) groups excluding carboxylic acids is 3. The number of ketones is 1. The van der Waals surface area contributed by atoms with Crippen LogP contribution in [0.4, 0.5) is 13.2 Å². The van der Waals surface area contributed by atoms with Crippen LogP contribution in [0.2, 0.25) is 0 Å². The number of ether oxygens (including phenoxy) is 1. The second kappa shape index (κ2) is 21.6. The summed E-state index contributed by atoms with van der Waals surface area (Å²) in [4.78, 5) is 50.3. The number of halogens is 3. The quantitative estimate of drug-likeness (QED) is 0.0841. The lowest BCUT2D eigenvalue weighted by Crippen LogP contribution is -2.56. The lowest BCUT2D eigenvalue weighted by atomic mass is 9.84. The molecule has 2 N–H and O–H groups in total. The Labute approximate surface area is 420 Å². The summed E-state index contributed by atoms with van der Waals surface area (Å²) in [6.45, 7) is 12.9. The van der Waals surface area contributed by atoms with Crippen LogP contribution in [0, 0.1) is 24.0 Å². The van der Waals surface area contributed by atoms with Gasteiger partial charge in [0.05, 0.1) is 40.9 Å². The Balaban J connectivity index is 0.816. The lowest BCUT2D eigenvalue weighted by Gasteiger charge is -2.44. The number of aliphatic hydroxyl groups excluding tert-OH is 1. The number of Topliss-reactive ketones (excluding diaryl/α,β-unsaturated/α-hetero) is 1. The zero-order valence-electron chi connectivity index (χ0n) is 42.0. The van der Waals surface area contributed by atoms with Crippen molar-refractivity contribution in [3.8, 4) is 16.2 Å². The second-order valence-electron chi connectivity index (χ2n) is 21.4. The number of hydrogen-bond donors (Lipinski definition) is 2. The van der Waals surface area contributed by atoms with Crippen LogP contribution in [0.3, 0.4) is 0 Å². The number of fused-ring (bicyclic) bond motifs is 2. The summed E-state index contributed by atoms with van der Waals surface area (Å²) in [6.07, 6.45) is 4.27. The fraction of sp³-hybridized carbons (Fsp3) is 0.448. The van der Waals surface area contributed by atoms with Crippen molar-refractivity contribution < 1.29 is 37.4 Å². The summed E-state index contributed by atoms with van der Waals surface area (Å²) in [5.74, 6) is -2.24. The molecular weight excluding hydrogens is 922 g/mol. The first-order valence-corrected chi connectivity index (χ1v) is 25.9. The van der Waals surface area contributed by atoms with E-state index < -0.39 is 58.8 Å². The van der Waals surface area contributed by atoms with Crippen LogP contribution in [-0.2, 0) is 28.9 Å². The molecule has 4 aromatic carbocycles. The van der Waals surface area contributed by atoms with E-state index in [4.69, 9.17) is 4.74 Å². The third-order valence-corrected chi connectivity index (χ3v) is 15.2. The molecule has 1 aliphatic carbocycles. The van der Waals surface area contributed by atoms with Crippen LogP contribution in [0.15, 0.2) is 96.0 Å². The largest absolute Gasteiger partial charge is 0.493 e. The van der Waals surface area contributed by atoms with Crippen molar-refractivity contribution in [1.29, 1.82) is 0 Å². The molecule has 0 unspecified atom stereocenters. The first-order chi connectivity index (χ1) is 33.8. The Hall–Kier alpha value is -5.63. The second-order valence-corrected chi connectivity index (χ2v) is 22.3. The molecule has 13 heteroatoms. The van der Waals surface area contributed by atoms with Gasteiger partial charge in [0.15, 0.2) is 5.78 Å². The molecule has 1 aromatic heterocycles. The van der Waals surface area contributed by atoms with Crippen LogP contribution >= 0.6 is 11.3 Å². The molecule has 0 saturated carbocycles. The van der Waals surface area contributed by atoms with Gasteiger partial charge in [0.25, 0.3) is 5.91 Å². The first kappa shape index (κ1) is 51.7. The molecule has 2 aliphatic heterocycles. The molecule has 5 atom stereocenters. The average molecular weight is 989 g/mol. The van der Waals surface area contributed by atoms with Crippen molar-refractivity contribution in [3.05, 3.63) is 147 Å². The predicted molar refractivity (Wildman–Crippen MR) is 274 cm³/mol. The molecular formula is C58H67F3N4O5S. The van der Waals surface area contributed by atoms with Crippen molar-refractivity contribution >= 4 is 34.5 Å². The van der Waals surface area contributed by atoms with E-state index in [9.17, 15) is 19.5 Å². The molecule has 0 bridgehead atoms. The Morgan fingerprint density at radius 2 is 1.59 bits per heavy atom. The molecule has 0 spiro atoms. The monoisotopic (exact) mass is 988 g/mol. The number of amides is 2. The highest BCUT2D eigenvalue weighted by Crippen LogP contribution is 2.50. The van der Waals surface area contributed by atoms with Crippen LogP contribution in [0.5, 0.6) is 5.75 Å². The smallest absolute Gasteiger partial charge is 0.251 e. The van der Waals surface area contributed by atoms with E-state index >= 15 is 13.2 Å². The molecule has 71 heavy (non-hydrogen) atoms. The number of aliphatic hydroxyl groups is 1. The summed E-state index contributed by atoms with van der Waals surface area (Å²) in [6, 6.07) is 23.3. The van der Waals surface area contributed by atoms with E-state index in [0.29, 0.717) is 31.2 Å². The molecule has 1 fully saturated rings. The van der Waals surface area contributed by atoms with E-state index in [0.717, 1.165) is 68.8 Å².